The van der Waals surface area contributed by atoms with Gasteiger partial charge in [0.25, 0.3) is 0 Å². The van der Waals surface area contributed by atoms with Crippen molar-refractivity contribution in [3.8, 4) is 5.75 Å². The third-order valence-electron chi connectivity index (χ3n) is 6.32. The van der Waals surface area contributed by atoms with Gasteiger partial charge in [-0.05, 0) is 65.9 Å². The molecule has 1 aliphatic carbocycles. The minimum absolute atomic E-state index is 0.0443. The Morgan fingerprint density at radius 2 is 1.79 bits per heavy atom. The smallest absolute Gasteiger partial charge is 0.343 e. The lowest BCUT2D eigenvalue weighted by Gasteiger charge is -2.37. The third kappa shape index (κ3) is 3.89. The van der Waals surface area contributed by atoms with Gasteiger partial charge in [-0.1, -0.05) is 36.4 Å². The van der Waals surface area contributed by atoms with Crippen molar-refractivity contribution in [3.05, 3.63) is 107 Å². The largest absolute Gasteiger partial charge is 0.465 e. The number of fused-ring (bicyclic) bond motifs is 3. The average Bonchev–Trinajstić information content (AvgIpc) is 3.34. The number of carbonyl (C=O) groups excluding carboxylic acids is 2. The van der Waals surface area contributed by atoms with Gasteiger partial charge in [0.15, 0.2) is 0 Å². The fraction of sp³-hybridized carbons (Fsp3) is 0.185. The molecule has 0 spiro atoms. The fourth-order valence-corrected chi connectivity index (χ4v) is 4.71. The number of benzene rings is 3. The Morgan fingerprint density at radius 1 is 1.00 bits per heavy atom. The quantitative estimate of drug-likeness (QED) is 0.320. The summed E-state index contributed by atoms with van der Waals surface area (Å²) in [6.45, 7) is 0. The van der Waals surface area contributed by atoms with E-state index in [0.717, 1.165) is 23.2 Å². The first-order valence-electron chi connectivity index (χ1n) is 10.8. The van der Waals surface area contributed by atoms with Crippen LogP contribution in [0.4, 0.5) is 10.1 Å². The standard InChI is InChI=1S/C27H22FNO4/c1-32-27(31)21-5-2-3-8-24(21)33-26(30)17-11-14-23-22(15-17)19-6-4-7-20(19)25(29-23)16-9-12-18(28)13-10-16/h2-6,8-15,19-20,25,29H,7H2,1H3/t19-,20-,25+/m1/s1. The van der Waals surface area contributed by atoms with Crippen LogP contribution in [0.15, 0.2) is 78.9 Å². The summed E-state index contributed by atoms with van der Waals surface area (Å²) in [6, 6.07) is 18.5. The predicted molar refractivity (Wildman–Crippen MR) is 122 cm³/mol. The molecular formula is C27H22FNO4. The van der Waals surface area contributed by atoms with Crippen molar-refractivity contribution < 1.29 is 23.5 Å². The van der Waals surface area contributed by atoms with Gasteiger partial charge in [0, 0.05) is 11.6 Å². The minimum atomic E-state index is -0.571. The molecule has 5 rings (SSSR count). The number of methoxy groups -OCH3 is 1. The van der Waals surface area contributed by atoms with E-state index in [2.05, 4.69) is 17.5 Å². The zero-order chi connectivity index (χ0) is 22.9. The van der Waals surface area contributed by atoms with Crippen molar-refractivity contribution in [2.24, 2.45) is 5.92 Å². The SMILES string of the molecule is COC(=O)c1ccccc1OC(=O)c1ccc2c(c1)[C@@H]1C=CC[C@H]1[C@H](c1ccc(F)cc1)N2. The molecule has 0 fully saturated rings. The zero-order valence-electron chi connectivity index (χ0n) is 18.0. The summed E-state index contributed by atoms with van der Waals surface area (Å²) in [5.41, 5.74) is 3.57. The van der Waals surface area contributed by atoms with Crippen LogP contribution in [0.2, 0.25) is 0 Å². The summed E-state index contributed by atoms with van der Waals surface area (Å²) in [6.07, 6.45) is 5.21. The Hall–Kier alpha value is -3.93. The molecule has 0 bridgehead atoms. The van der Waals surface area contributed by atoms with E-state index in [9.17, 15) is 14.0 Å². The first-order chi connectivity index (χ1) is 16.0. The molecule has 166 valence electrons. The summed E-state index contributed by atoms with van der Waals surface area (Å²) in [7, 11) is 1.28. The summed E-state index contributed by atoms with van der Waals surface area (Å²) >= 11 is 0. The van der Waals surface area contributed by atoms with Crippen molar-refractivity contribution in [1.82, 2.24) is 0 Å². The van der Waals surface area contributed by atoms with Gasteiger partial charge >= 0.3 is 11.9 Å². The van der Waals surface area contributed by atoms with Crippen LogP contribution < -0.4 is 10.1 Å². The van der Waals surface area contributed by atoms with Gasteiger partial charge < -0.3 is 14.8 Å². The number of nitrogens with one attached hydrogen (secondary N) is 1. The van der Waals surface area contributed by atoms with Crippen molar-refractivity contribution in [2.75, 3.05) is 12.4 Å². The number of rotatable bonds is 4. The molecule has 1 heterocycles. The highest BCUT2D eigenvalue weighted by Crippen LogP contribution is 2.50. The van der Waals surface area contributed by atoms with Gasteiger partial charge in [-0.25, -0.2) is 14.0 Å². The number of hydrogen-bond donors (Lipinski definition) is 1. The first kappa shape index (κ1) is 20.9. The van der Waals surface area contributed by atoms with Crippen LogP contribution >= 0.6 is 0 Å². The summed E-state index contributed by atoms with van der Waals surface area (Å²) in [4.78, 5) is 24.9. The summed E-state index contributed by atoms with van der Waals surface area (Å²) in [5.74, 6) is -0.832. The number of carbonyl (C=O) groups is 2. The van der Waals surface area contributed by atoms with Gasteiger partial charge in [0.1, 0.15) is 17.1 Å². The molecular weight excluding hydrogens is 421 g/mol. The lowest BCUT2D eigenvalue weighted by atomic mass is 9.76. The number of halogens is 1. The number of esters is 2. The number of para-hydroxylation sites is 1. The topological polar surface area (TPSA) is 64.6 Å². The first-order valence-corrected chi connectivity index (χ1v) is 10.8. The molecule has 0 aromatic heterocycles. The van der Waals surface area contributed by atoms with Crippen molar-refractivity contribution >= 4 is 17.6 Å². The Labute approximate surface area is 190 Å². The highest BCUT2D eigenvalue weighted by molar-refractivity contribution is 5.96. The highest BCUT2D eigenvalue weighted by Gasteiger charge is 2.38. The second-order valence-corrected chi connectivity index (χ2v) is 8.21. The molecule has 33 heavy (non-hydrogen) atoms. The number of ether oxygens (including phenoxy) is 2. The number of anilines is 1. The molecule has 1 aliphatic heterocycles. The Bertz CT molecular complexity index is 1250. The van der Waals surface area contributed by atoms with Crippen LogP contribution in [0.3, 0.4) is 0 Å². The molecule has 3 atom stereocenters. The molecule has 6 heteroatoms. The van der Waals surface area contributed by atoms with Crippen molar-refractivity contribution in [2.45, 2.75) is 18.4 Å². The molecule has 0 unspecified atom stereocenters. The average molecular weight is 443 g/mol. The molecule has 5 nitrogen and oxygen atoms in total. The van der Waals surface area contributed by atoms with E-state index in [1.807, 2.05) is 24.3 Å². The van der Waals surface area contributed by atoms with Crippen LogP contribution in [-0.4, -0.2) is 19.0 Å². The lowest BCUT2D eigenvalue weighted by molar-refractivity contribution is 0.0593. The highest BCUT2D eigenvalue weighted by atomic mass is 19.1. The summed E-state index contributed by atoms with van der Waals surface area (Å²) in [5, 5.41) is 3.58. The van der Waals surface area contributed by atoms with E-state index in [0.29, 0.717) is 5.56 Å². The molecule has 0 saturated carbocycles. The van der Waals surface area contributed by atoms with Gasteiger partial charge in [-0.15, -0.1) is 0 Å². The predicted octanol–water partition coefficient (Wildman–Crippen LogP) is 5.66. The number of hydrogen-bond acceptors (Lipinski definition) is 5. The molecule has 0 amide bonds. The maximum Gasteiger partial charge on any atom is 0.343 e. The van der Waals surface area contributed by atoms with Crippen LogP contribution in [0.25, 0.3) is 0 Å². The molecule has 0 radical (unpaired) electrons. The van der Waals surface area contributed by atoms with Gasteiger partial charge in [-0.2, -0.15) is 0 Å². The maximum absolute atomic E-state index is 13.4. The summed E-state index contributed by atoms with van der Waals surface area (Å²) < 4.78 is 23.7. The van der Waals surface area contributed by atoms with E-state index in [1.54, 1.807) is 30.3 Å². The molecule has 0 saturated heterocycles. The molecule has 1 N–H and O–H groups in total. The van der Waals surface area contributed by atoms with Crippen LogP contribution in [0.5, 0.6) is 5.75 Å². The fourth-order valence-electron chi connectivity index (χ4n) is 4.71. The van der Waals surface area contributed by atoms with E-state index >= 15 is 0 Å². The number of allylic oxidation sites excluding steroid dienone is 2. The molecule has 3 aromatic carbocycles. The third-order valence-corrected chi connectivity index (χ3v) is 6.32. The van der Waals surface area contributed by atoms with Gasteiger partial charge in [-0.3, -0.25) is 0 Å². The van der Waals surface area contributed by atoms with E-state index in [-0.39, 0.29) is 35.0 Å². The van der Waals surface area contributed by atoms with Crippen molar-refractivity contribution in [1.29, 1.82) is 0 Å². The molecule has 2 aliphatic rings. The Balaban J connectivity index is 1.43. The molecule has 3 aromatic rings. The van der Waals surface area contributed by atoms with Crippen LogP contribution in [0, 0.1) is 11.7 Å². The van der Waals surface area contributed by atoms with Crippen LogP contribution in [0.1, 0.15) is 50.2 Å². The Kier molecular flexibility index (Phi) is 5.42. The zero-order valence-corrected chi connectivity index (χ0v) is 18.0. The van der Waals surface area contributed by atoms with Gasteiger partial charge in [0.05, 0.1) is 18.7 Å². The van der Waals surface area contributed by atoms with E-state index < -0.39 is 11.9 Å². The second kappa shape index (κ2) is 8.54. The van der Waals surface area contributed by atoms with Crippen LogP contribution in [-0.2, 0) is 4.74 Å². The normalized spacial score (nSPS) is 20.4. The Morgan fingerprint density at radius 3 is 2.58 bits per heavy atom. The second-order valence-electron chi connectivity index (χ2n) is 8.21. The van der Waals surface area contributed by atoms with Crippen molar-refractivity contribution in [3.63, 3.8) is 0 Å². The maximum atomic E-state index is 13.4. The van der Waals surface area contributed by atoms with E-state index in [1.165, 1.54) is 19.2 Å². The van der Waals surface area contributed by atoms with E-state index in [4.69, 9.17) is 9.47 Å². The monoisotopic (exact) mass is 443 g/mol. The van der Waals surface area contributed by atoms with Gasteiger partial charge in [0.2, 0.25) is 0 Å². The lowest BCUT2D eigenvalue weighted by Crippen LogP contribution is -2.29. The minimum Gasteiger partial charge on any atom is -0.465 e.